The van der Waals surface area contributed by atoms with E-state index in [1.807, 2.05) is 30.3 Å². The van der Waals surface area contributed by atoms with Crippen LogP contribution in [-0.4, -0.2) is 21.5 Å². The molecule has 17 heavy (non-hydrogen) atoms. The largest absolute Gasteiger partial charge is 0.469 e. The normalized spacial score (nSPS) is 15.1. The predicted molar refractivity (Wildman–Crippen MR) is 69.0 cm³/mol. The molecule has 2 nitrogen and oxygen atoms in total. The summed E-state index contributed by atoms with van der Waals surface area (Å²) in [7, 11) is -1.63. The number of esters is 1. The second-order valence-corrected chi connectivity index (χ2v) is 8.52. The maximum absolute atomic E-state index is 14.4. The van der Waals surface area contributed by atoms with Crippen molar-refractivity contribution in [3.05, 3.63) is 35.9 Å². The summed E-state index contributed by atoms with van der Waals surface area (Å²) in [6, 6.07) is 9.37. The van der Waals surface area contributed by atoms with Gasteiger partial charge < -0.3 is 8.84 Å². The number of carbonyl (C=O) groups is 1. The van der Waals surface area contributed by atoms with Gasteiger partial charge >= 0.3 is 5.97 Å². The highest BCUT2D eigenvalue weighted by molar-refractivity contribution is 6.72. The van der Waals surface area contributed by atoms with Gasteiger partial charge in [0, 0.05) is 5.54 Å². The van der Waals surface area contributed by atoms with Crippen LogP contribution >= 0.6 is 0 Å². The lowest BCUT2D eigenvalue weighted by atomic mass is 10.0. The minimum Gasteiger partial charge on any atom is -0.469 e. The van der Waals surface area contributed by atoms with Crippen LogP contribution in [0, 0.1) is 5.92 Å². The number of rotatable bonds is 4. The smallest absolute Gasteiger partial charge is 0.308 e. The molecule has 0 heterocycles. The van der Waals surface area contributed by atoms with E-state index in [1.54, 1.807) is 20.0 Å². The second kappa shape index (κ2) is 5.45. The van der Waals surface area contributed by atoms with Gasteiger partial charge in [0.25, 0.3) is 0 Å². The van der Waals surface area contributed by atoms with Gasteiger partial charge in [-0.2, -0.15) is 0 Å². The lowest BCUT2D eigenvalue weighted by Gasteiger charge is -2.29. The SMILES string of the molecule is COC(=O)C(C)C(c1ccccc1)[Si](C)(C)F. The van der Waals surface area contributed by atoms with Crippen molar-refractivity contribution in [3.8, 4) is 0 Å². The van der Waals surface area contributed by atoms with Crippen LogP contribution in [-0.2, 0) is 9.53 Å². The van der Waals surface area contributed by atoms with E-state index in [0.717, 1.165) is 5.56 Å². The standard InChI is InChI=1S/C13H19FO2Si/c1-10(13(15)16-2)12(17(3,4)14)11-8-6-5-7-9-11/h5-10,12H,1-4H3. The van der Waals surface area contributed by atoms with E-state index in [4.69, 9.17) is 4.74 Å². The lowest BCUT2D eigenvalue weighted by Crippen LogP contribution is -2.37. The van der Waals surface area contributed by atoms with Gasteiger partial charge in [-0.25, -0.2) is 0 Å². The van der Waals surface area contributed by atoms with Gasteiger partial charge in [0.05, 0.1) is 13.0 Å². The molecule has 94 valence electrons. The summed E-state index contributed by atoms with van der Waals surface area (Å²) in [5, 5.41) is 0. The molecule has 0 bridgehead atoms. The number of halogens is 1. The predicted octanol–water partition coefficient (Wildman–Crippen LogP) is 3.29. The van der Waals surface area contributed by atoms with Crippen molar-refractivity contribution in [2.45, 2.75) is 25.6 Å². The van der Waals surface area contributed by atoms with E-state index >= 15 is 0 Å². The summed E-state index contributed by atoms with van der Waals surface area (Å²) < 4.78 is 19.1. The monoisotopic (exact) mass is 254 g/mol. The first-order chi connectivity index (χ1) is 7.88. The van der Waals surface area contributed by atoms with Crippen molar-refractivity contribution < 1.29 is 13.6 Å². The van der Waals surface area contributed by atoms with Crippen LogP contribution in [0.15, 0.2) is 30.3 Å². The Balaban J connectivity index is 3.10. The van der Waals surface area contributed by atoms with Crippen molar-refractivity contribution in [2.24, 2.45) is 5.92 Å². The fraction of sp³-hybridized carbons (Fsp3) is 0.462. The Morgan fingerprint density at radius 3 is 2.24 bits per heavy atom. The first kappa shape index (κ1) is 13.9. The van der Waals surface area contributed by atoms with Crippen molar-refractivity contribution >= 4 is 14.4 Å². The summed E-state index contributed by atoms with van der Waals surface area (Å²) in [6.45, 7) is 4.99. The van der Waals surface area contributed by atoms with Crippen molar-refractivity contribution in [1.29, 1.82) is 0 Å². The Bertz CT molecular complexity index is 373. The minimum atomic E-state index is -2.97. The molecule has 4 heteroatoms. The molecule has 0 saturated heterocycles. The average molecular weight is 254 g/mol. The number of benzene rings is 1. The van der Waals surface area contributed by atoms with Crippen LogP contribution in [0.1, 0.15) is 18.0 Å². The molecule has 1 rings (SSSR count). The summed E-state index contributed by atoms with van der Waals surface area (Å²) in [5.41, 5.74) is 0.515. The lowest BCUT2D eigenvalue weighted by molar-refractivity contribution is -0.145. The van der Waals surface area contributed by atoms with Crippen molar-refractivity contribution in [2.75, 3.05) is 7.11 Å². The van der Waals surface area contributed by atoms with Crippen LogP contribution in [0.5, 0.6) is 0 Å². The van der Waals surface area contributed by atoms with Gasteiger partial charge in [0.2, 0.25) is 8.41 Å². The zero-order valence-electron chi connectivity index (χ0n) is 10.7. The van der Waals surface area contributed by atoms with Crippen molar-refractivity contribution in [3.63, 3.8) is 0 Å². The molecule has 0 radical (unpaired) electrons. The van der Waals surface area contributed by atoms with Crippen molar-refractivity contribution in [1.82, 2.24) is 0 Å². The van der Waals surface area contributed by atoms with Crippen LogP contribution in [0.2, 0.25) is 13.1 Å². The molecule has 2 atom stereocenters. The van der Waals surface area contributed by atoms with Crippen LogP contribution in [0.4, 0.5) is 4.11 Å². The van der Waals surface area contributed by atoms with Crippen LogP contribution in [0.3, 0.4) is 0 Å². The molecule has 0 amide bonds. The Labute approximate surface area is 103 Å². The average Bonchev–Trinajstić information content (AvgIpc) is 2.27. The van der Waals surface area contributed by atoms with E-state index in [2.05, 4.69) is 0 Å². The first-order valence-electron chi connectivity index (χ1n) is 5.69. The zero-order chi connectivity index (χ0) is 13.1. The van der Waals surface area contributed by atoms with E-state index < -0.39 is 14.3 Å². The fourth-order valence-electron chi connectivity index (χ4n) is 2.26. The third-order valence-electron chi connectivity index (χ3n) is 2.97. The minimum absolute atomic E-state index is 0.350. The molecule has 1 aromatic rings. The third kappa shape index (κ3) is 3.39. The maximum Gasteiger partial charge on any atom is 0.308 e. The van der Waals surface area contributed by atoms with E-state index in [9.17, 15) is 8.90 Å². The molecule has 0 aromatic heterocycles. The van der Waals surface area contributed by atoms with Crippen LogP contribution in [0.25, 0.3) is 0 Å². The Kier molecular flexibility index (Phi) is 4.45. The molecule has 0 spiro atoms. The highest BCUT2D eigenvalue weighted by atomic mass is 28.4. The summed E-state index contributed by atoms with van der Waals surface area (Å²) in [6.07, 6.45) is 0. The Morgan fingerprint density at radius 2 is 1.82 bits per heavy atom. The van der Waals surface area contributed by atoms with Gasteiger partial charge in [-0.1, -0.05) is 37.3 Å². The second-order valence-electron chi connectivity index (χ2n) is 4.76. The molecule has 2 unspecified atom stereocenters. The van der Waals surface area contributed by atoms with Gasteiger partial charge in [-0.3, -0.25) is 4.79 Å². The molecular formula is C13H19FO2Si. The van der Waals surface area contributed by atoms with Gasteiger partial charge in [-0.05, 0) is 18.7 Å². The summed E-state index contributed by atoms with van der Waals surface area (Å²) in [5.74, 6) is -0.800. The summed E-state index contributed by atoms with van der Waals surface area (Å²) in [4.78, 5) is 11.6. The first-order valence-corrected chi connectivity index (χ1v) is 8.65. The molecule has 0 aliphatic heterocycles. The van der Waals surface area contributed by atoms with Gasteiger partial charge in [0.15, 0.2) is 0 Å². The van der Waals surface area contributed by atoms with Gasteiger partial charge in [-0.15, -0.1) is 0 Å². The highest BCUT2D eigenvalue weighted by Crippen LogP contribution is 2.35. The molecular weight excluding hydrogens is 235 g/mol. The Morgan fingerprint density at radius 1 is 1.29 bits per heavy atom. The number of hydrogen-bond acceptors (Lipinski definition) is 2. The van der Waals surface area contributed by atoms with E-state index in [0.29, 0.717) is 0 Å². The fourth-order valence-corrected chi connectivity index (χ4v) is 4.57. The number of ether oxygens (including phenoxy) is 1. The number of hydrogen-bond donors (Lipinski definition) is 0. The third-order valence-corrected chi connectivity index (χ3v) is 5.28. The quantitative estimate of drug-likeness (QED) is 0.468. The zero-order valence-corrected chi connectivity index (χ0v) is 11.7. The number of carbonyl (C=O) groups excluding carboxylic acids is 1. The summed E-state index contributed by atoms with van der Waals surface area (Å²) >= 11 is 0. The molecule has 0 aliphatic rings. The molecule has 0 fully saturated rings. The molecule has 0 saturated carbocycles. The Hall–Kier alpha value is -1.16. The topological polar surface area (TPSA) is 26.3 Å². The highest BCUT2D eigenvalue weighted by Gasteiger charge is 2.41. The van der Waals surface area contributed by atoms with Gasteiger partial charge in [0.1, 0.15) is 0 Å². The molecule has 1 aromatic carbocycles. The molecule has 0 aliphatic carbocycles. The molecule has 0 N–H and O–H groups in total. The van der Waals surface area contributed by atoms with Crippen LogP contribution < -0.4 is 0 Å². The number of methoxy groups -OCH3 is 1. The van der Waals surface area contributed by atoms with E-state index in [1.165, 1.54) is 7.11 Å². The maximum atomic E-state index is 14.4. The van der Waals surface area contributed by atoms with E-state index in [-0.39, 0.29) is 11.5 Å².